The van der Waals surface area contributed by atoms with Crippen molar-refractivity contribution in [2.45, 2.75) is 44.8 Å². The van der Waals surface area contributed by atoms with Gasteiger partial charge in [0.15, 0.2) is 5.13 Å². The maximum atomic E-state index is 13.5. The van der Waals surface area contributed by atoms with E-state index >= 15 is 0 Å². The maximum absolute atomic E-state index is 13.5. The van der Waals surface area contributed by atoms with Crippen LogP contribution in [-0.2, 0) is 10.2 Å². The van der Waals surface area contributed by atoms with E-state index in [-0.39, 0.29) is 16.6 Å². The molecule has 0 aromatic carbocycles. The van der Waals surface area contributed by atoms with Gasteiger partial charge in [0.25, 0.3) is 0 Å². The number of nitrogens with one attached hydrogen (secondary N) is 1. The van der Waals surface area contributed by atoms with Crippen molar-refractivity contribution in [3.05, 3.63) is 29.7 Å². The third-order valence-corrected chi connectivity index (χ3v) is 7.24. The van der Waals surface area contributed by atoms with Crippen LogP contribution in [0.5, 0.6) is 0 Å². The molecule has 12 heteroatoms. The Morgan fingerprint density at radius 3 is 2.56 bits per heavy atom. The number of halogens is 3. The zero-order valence-corrected chi connectivity index (χ0v) is 20.5. The molecule has 0 radical (unpaired) electrons. The number of aromatic nitrogens is 2. The minimum Gasteiger partial charge on any atom is -0.368 e. The quantitative estimate of drug-likeness (QED) is 0.633. The molecule has 8 nitrogen and oxygen atoms in total. The number of pyridine rings is 1. The van der Waals surface area contributed by atoms with Crippen molar-refractivity contribution < 1.29 is 22.8 Å². The molecule has 2 aromatic rings. The van der Waals surface area contributed by atoms with E-state index in [0.29, 0.717) is 35.6 Å². The number of nitrogens with zero attached hydrogens (tertiary/aromatic N) is 4. The van der Waals surface area contributed by atoms with Crippen LogP contribution in [0.3, 0.4) is 0 Å². The summed E-state index contributed by atoms with van der Waals surface area (Å²) in [7, 11) is 3.78. The van der Waals surface area contributed by atoms with Gasteiger partial charge in [0.2, 0.25) is 5.91 Å². The molecule has 34 heavy (non-hydrogen) atoms. The Bertz CT molecular complexity index is 1070. The first-order valence-corrected chi connectivity index (χ1v) is 11.6. The van der Waals surface area contributed by atoms with Gasteiger partial charge in [-0.1, -0.05) is 11.3 Å². The number of hydrogen-bond donors (Lipinski definition) is 2. The van der Waals surface area contributed by atoms with E-state index in [1.54, 1.807) is 6.92 Å². The molecule has 0 spiro atoms. The van der Waals surface area contributed by atoms with Gasteiger partial charge < -0.3 is 15.5 Å². The highest BCUT2D eigenvalue weighted by molar-refractivity contribution is 7.19. The van der Waals surface area contributed by atoms with E-state index < -0.39 is 29.6 Å². The summed E-state index contributed by atoms with van der Waals surface area (Å²) in [6.45, 7) is 4.92. The van der Waals surface area contributed by atoms with E-state index in [1.807, 2.05) is 19.0 Å². The van der Waals surface area contributed by atoms with Crippen molar-refractivity contribution in [3.63, 3.8) is 0 Å². The molecular formula is C22H29F3N6O2S. The van der Waals surface area contributed by atoms with Gasteiger partial charge in [-0.2, -0.15) is 13.2 Å². The van der Waals surface area contributed by atoms with Crippen molar-refractivity contribution in [3.8, 4) is 10.4 Å². The van der Waals surface area contributed by atoms with Crippen molar-refractivity contribution in [1.82, 2.24) is 19.8 Å². The van der Waals surface area contributed by atoms with E-state index in [4.69, 9.17) is 5.73 Å². The number of alkyl halides is 3. The molecular weight excluding hydrogens is 469 g/mol. The fourth-order valence-electron chi connectivity index (χ4n) is 4.08. The van der Waals surface area contributed by atoms with Crippen LogP contribution in [0.4, 0.5) is 23.1 Å². The second-order valence-corrected chi connectivity index (χ2v) is 10.3. The predicted octanol–water partition coefficient (Wildman–Crippen LogP) is 3.62. The van der Waals surface area contributed by atoms with Crippen LogP contribution in [0.2, 0.25) is 0 Å². The summed E-state index contributed by atoms with van der Waals surface area (Å²) in [5, 5.41) is 2.99. The van der Waals surface area contributed by atoms with E-state index in [2.05, 4.69) is 15.3 Å². The third-order valence-electron chi connectivity index (χ3n) is 6.12. The predicted molar refractivity (Wildman–Crippen MR) is 125 cm³/mol. The number of rotatable bonds is 6. The Morgan fingerprint density at radius 1 is 1.29 bits per heavy atom. The lowest BCUT2D eigenvalue weighted by atomic mass is 9.84. The number of hydrogen-bond acceptors (Lipinski definition) is 6. The van der Waals surface area contributed by atoms with Gasteiger partial charge in [-0.3, -0.25) is 15.1 Å². The molecule has 0 saturated carbocycles. The monoisotopic (exact) mass is 498 g/mol. The van der Waals surface area contributed by atoms with Gasteiger partial charge in [0, 0.05) is 37.0 Å². The molecule has 3 heterocycles. The minimum absolute atomic E-state index is 0.0317. The second kappa shape index (κ2) is 9.49. The summed E-state index contributed by atoms with van der Waals surface area (Å²) >= 11 is 1.13. The van der Waals surface area contributed by atoms with Crippen LogP contribution in [-0.4, -0.2) is 71.1 Å². The number of carbonyl (C=O) groups excluding carboxylic acids is 2. The lowest BCUT2D eigenvalue weighted by molar-refractivity contribution is -0.180. The van der Waals surface area contributed by atoms with Gasteiger partial charge in [-0.15, -0.1) is 0 Å². The molecule has 0 unspecified atom stereocenters. The first-order chi connectivity index (χ1) is 15.7. The first kappa shape index (κ1) is 25.9. The average molecular weight is 499 g/mol. The number of likely N-dealkylation sites (tertiary alicyclic amines) is 1. The molecule has 0 aliphatic carbocycles. The Labute approximate surface area is 200 Å². The Balaban J connectivity index is 1.82. The lowest BCUT2D eigenvalue weighted by Gasteiger charge is -2.28. The first-order valence-electron chi connectivity index (χ1n) is 10.7. The summed E-state index contributed by atoms with van der Waals surface area (Å²) in [4.78, 5) is 37.3. The van der Waals surface area contributed by atoms with E-state index in [1.165, 1.54) is 23.4 Å². The Morgan fingerprint density at radius 2 is 1.97 bits per heavy atom. The molecule has 3 rings (SSSR count). The van der Waals surface area contributed by atoms with Gasteiger partial charge >= 0.3 is 12.2 Å². The van der Waals surface area contributed by atoms with Crippen molar-refractivity contribution >= 4 is 28.4 Å². The van der Waals surface area contributed by atoms with E-state index in [0.717, 1.165) is 25.2 Å². The molecule has 1 fully saturated rings. The molecule has 186 valence electrons. The number of anilines is 1. The summed E-state index contributed by atoms with van der Waals surface area (Å²) in [5.41, 5.74) is 4.57. The molecule has 1 aliphatic rings. The van der Waals surface area contributed by atoms with Crippen molar-refractivity contribution in [2.75, 3.05) is 32.5 Å². The highest BCUT2D eigenvalue weighted by Gasteiger charge is 2.48. The van der Waals surface area contributed by atoms with E-state index in [9.17, 15) is 22.8 Å². The fourth-order valence-corrected chi connectivity index (χ4v) is 5.02. The van der Waals surface area contributed by atoms with Crippen molar-refractivity contribution in [2.24, 2.45) is 11.7 Å². The number of aryl methyl sites for hydroxylation is 1. The largest absolute Gasteiger partial charge is 0.397 e. The standard InChI is InChI=1S/C22H29F3N6O2S/c1-12-17(14-8-15(10-27-9-14)21(2,3)22(23,24)25)34-19(28-12)29-20(33)31-7-6-13(11-30(4)5)16(31)18(26)32/h8-10,13,16H,6-7,11H2,1-5H3,(H2,26,32)(H,28,29,33)/t13-,16-/m0/s1. The number of primary amides is 1. The van der Waals surface area contributed by atoms with Gasteiger partial charge in [-0.05, 0) is 52.9 Å². The second-order valence-electron chi connectivity index (χ2n) is 9.30. The highest BCUT2D eigenvalue weighted by atomic mass is 32.1. The normalized spacial score (nSPS) is 19.0. The zero-order chi connectivity index (χ0) is 25.4. The summed E-state index contributed by atoms with van der Waals surface area (Å²) in [5.74, 6) is -0.636. The van der Waals surface area contributed by atoms with Crippen LogP contribution >= 0.6 is 11.3 Å². The van der Waals surface area contributed by atoms with Crippen LogP contribution < -0.4 is 11.1 Å². The molecule has 2 atom stereocenters. The molecule has 1 aliphatic heterocycles. The maximum Gasteiger partial charge on any atom is 0.397 e. The van der Waals surface area contributed by atoms with Gasteiger partial charge in [-0.25, -0.2) is 9.78 Å². The topological polar surface area (TPSA) is 104 Å². The number of nitrogens with two attached hydrogens (primary N) is 1. The van der Waals surface area contributed by atoms with Crippen LogP contribution in [0.15, 0.2) is 18.5 Å². The molecule has 2 aromatic heterocycles. The number of amides is 3. The molecule has 3 N–H and O–H groups in total. The van der Waals surface area contributed by atoms with Gasteiger partial charge in [0.1, 0.15) is 6.04 Å². The fraction of sp³-hybridized carbons (Fsp3) is 0.545. The highest BCUT2D eigenvalue weighted by Crippen LogP contribution is 2.42. The van der Waals surface area contributed by atoms with Gasteiger partial charge in [0.05, 0.1) is 16.0 Å². The van der Waals surface area contributed by atoms with Crippen LogP contribution in [0.25, 0.3) is 10.4 Å². The average Bonchev–Trinajstić information content (AvgIpc) is 3.30. The number of carbonyl (C=O) groups is 2. The summed E-state index contributed by atoms with van der Waals surface area (Å²) in [6.07, 6.45) is -1.11. The van der Waals surface area contributed by atoms with Crippen molar-refractivity contribution in [1.29, 1.82) is 0 Å². The smallest absolute Gasteiger partial charge is 0.368 e. The lowest BCUT2D eigenvalue weighted by Crippen LogP contribution is -2.49. The number of urea groups is 1. The molecule has 0 bridgehead atoms. The Kier molecular flexibility index (Phi) is 7.23. The van der Waals surface area contributed by atoms with Crippen LogP contribution in [0.1, 0.15) is 31.5 Å². The molecule has 1 saturated heterocycles. The number of thiazole rings is 1. The molecule has 3 amide bonds. The van der Waals surface area contributed by atoms with Crippen LogP contribution in [0, 0.1) is 12.8 Å². The zero-order valence-electron chi connectivity index (χ0n) is 19.7. The third kappa shape index (κ3) is 5.17. The Hall–Kier alpha value is -2.73. The minimum atomic E-state index is -4.44. The SMILES string of the molecule is Cc1nc(NC(=O)N2CC[C@@H](CN(C)C)[C@H]2C(N)=O)sc1-c1cncc(C(C)(C)C(F)(F)F)c1. The summed E-state index contributed by atoms with van der Waals surface area (Å²) < 4.78 is 40.5. The summed E-state index contributed by atoms with van der Waals surface area (Å²) in [6, 6.07) is 0.228.